The quantitative estimate of drug-likeness (QED) is 0.292. The van der Waals surface area contributed by atoms with Gasteiger partial charge in [0, 0.05) is 28.8 Å². The molecule has 3 amide bonds. The maximum Gasteiger partial charge on any atom is 0.352 e. The van der Waals surface area contributed by atoms with Crippen molar-refractivity contribution in [2.45, 2.75) is 41.6 Å². The molecule has 0 radical (unpaired) electrons. The van der Waals surface area contributed by atoms with Gasteiger partial charge in [0.25, 0.3) is 5.91 Å². The molecule has 34 heavy (non-hydrogen) atoms. The standard InChI is InChI=1S/C23H23N3O6S2/c27-15-3-5-16(6-4-15)33-11-17(28)24-18-21(30)26-19(23(31)32)13(10-34-22(18)26)9-12-7-8-25(20(12)29)14-1-2-14/h3-6,9,14,18,22,27H,1-2,7-8,10-11H2,(H,24,28)(H,31,32)/t18-,22-/m1/s1. The SMILES string of the molecule is O=C(CSc1ccc(O)cc1)N[C@@H]1C(=O)N2C(C(=O)O)=C(C=C3CCN(C4CC4)C3=O)CS[C@H]12. The summed E-state index contributed by atoms with van der Waals surface area (Å²) in [5, 5.41) is 21.4. The van der Waals surface area contributed by atoms with Crippen LogP contribution in [0.3, 0.4) is 0 Å². The molecule has 1 aromatic rings. The van der Waals surface area contributed by atoms with Crippen molar-refractivity contribution >= 4 is 47.2 Å². The average molecular weight is 502 g/mol. The van der Waals surface area contributed by atoms with Crippen LogP contribution in [0.5, 0.6) is 5.75 Å². The number of phenolic OH excluding ortho intramolecular Hbond substituents is 1. The molecule has 2 saturated heterocycles. The lowest BCUT2D eigenvalue weighted by molar-refractivity contribution is -0.150. The summed E-state index contributed by atoms with van der Waals surface area (Å²) in [6.45, 7) is 0.652. The predicted octanol–water partition coefficient (Wildman–Crippen LogP) is 1.54. The van der Waals surface area contributed by atoms with E-state index < -0.39 is 23.3 Å². The van der Waals surface area contributed by atoms with Gasteiger partial charge in [0.05, 0.1) is 5.75 Å². The molecule has 3 heterocycles. The number of carbonyl (C=O) groups excluding carboxylic acids is 3. The topological polar surface area (TPSA) is 127 Å². The van der Waals surface area contributed by atoms with E-state index in [0.29, 0.717) is 35.9 Å². The number of carboxylic acid groups (broad SMARTS) is 1. The van der Waals surface area contributed by atoms with E-state index in [9.17, 15) is 29.4 Å². The van der Waals surface area contributed by atoms with E-state index in [-0.39, 0.29) is 29.0 Å². The van der Waals surface area contributed by atoms with E-state index in [2.05, 4.69) is 5.32 Å². The minimum Gasteiger partial charge on any atom is -0.508 e. The van der Waals surface area contributed by atoms with Crippen LogP contribution in [0.2, 0.25) is 0 Å². The summed E-state index contributed by atoms with van der Waals surface area (Å²) in [4.78, 5) is 53.8. The minimum absolute atomic E-state index is 0.0435. The first-order valence-corrected chi connectivity index (χ1v) is 13.0. The van der Waals surface area contributed by atoms with Crippen LogP contribution >= 0.6 is 23.5 Å². The van der Waals surface area contributed by atoms with E-state index in [1.165, 1.54) is 40.6 Å². The second-order valence-corrected chi connectivity index (χ2v) is 10.7. The van der Waals surface area contributed by atoms with Crippen LogP contribution < -0.4 is 5.32 Å². The molecule has 178 valence electrons. The second kappa shape index (κ2) is 9.03. The van der Waals surface area contributed by atoms with E-state index in [4.69, 9.17) is 0 Å². The summed E-state index contributed by atoms with van der Waals surface area (Å²) in [5.74, 6) is -1.50. The Morgan fingerprint density at radius 2 is 1.94 bits per heavy atom. The Bertz CT molecular complexity index is 1130. The fourth-order valence-corrected chi connectivity index (χ4v) is 6.39. The number of allylic oxidation sites excluding steroid dienone is 1. The van der Waals surface area contributed by atoms with E-state index >= 15 is 0 Å². The number of nitrogens with zero attached hydrogens (tertiary/aromatic N) is 2. The lowest BCUT2D eigenvalue weighted by atomic mass is 10.0. The maximum atomic E-state index is 12.8. The van der Waals surface area contributed by atoms with Crippen LogP contribution in [-0.2, 0) is 19.2 Å². The molecule has 3 aliphatic heterocycles. The number of β-lactam (4-membered cyclic amide) rings is 1. The number of hydrogen-bond acceptors (Lipinski definition) is 7. The first-order valence-electron chi connectivity index (χ1n) is 11.0. The summed E-state index contributed by atoms with van der Waals surface area (Å²) in [6.07, 6.45) is 4.25. The second-order valence-electron chi connectivity index (χ2n) is 8.57. The molecule has 3 fully saturated rings. The maximum absolute atomic E-state index is 12.8. The zero-order chi connectivity index (χ0) is 24.0. The van der Waals surface area contributed by atoms with E-state index in [1.807, 2.05) is 4.90 Å². The summed E-state index contributed by atoms with van der Waals surface area (Å²) in [6, 6.07) is 5.96. The summed E-state index contributed by atoms with van der Waals surface area (Å²) in [5.41, 5.74) is 0.933. The van der Waals surface area contributed by atoms with Crippen LogP contribution in [0, 0.1) is 0 Å². The van der Waals surface area contributed by atoms with Gasteiger partial charge in [-0.05, 0) is 55.2 Å². The molecule has 1 saturated carbocycles. The number of likely N-dealkylation sites (tertiary alicyclic amines) is 1. The number of aromatic hydroxyl groups is 1. The number of fused-ring (bicyclic) bond motifs is 1. The van der Waals surface area contributed by atoms with Crippen molar-refractivity contribution in [2.75, 3.05) is 18.1 Å². The first-order chi connectivity index (χ1) is 16.3. The highest BCUT2D eigenvalue weighted by atomic mass is 32.2. The number of phenols is 1. The smallest absolute Gasteiger partial charge is 0.352 e. The van der Waals surface area contributed by atoms with Gasteiger partial charge in [0.15, 0.2) is 0 Å². The number of carboxylic acids is 1. The Hall–Kier alpha value is -2.92. The zero-order valence-corrected chi connectivity index (χ0v) is 19.7. The van der Waals surface area contributed by atoms with Crippen molar-refractivity contribution in [3.63, 3.8) is 0 Å². The number of amides is 3. The lowest BCUT2D eigenvalue weighted by Gasteiger charge is -2.49. The highest BCUT2D eigenvalue weighted by Gasteiger charge is 2.54. The van der Waals surface area contributed by atoms with Crippen LogP contribution in [0.15, 0.2) is 52.1 Å². The molecular formula is C23H23N3O6S2. The van der Waals surface area contributed by atoms with Crippen molar-refractivity contribution in [3.05, 3.63) is 47.2 Å². The number of rotatable bonds is 7. The Morgan fingerprint density at radius 3 is 2.62 bits per heavy atom. The molecule has 1 aliphatic carbocycles. The molecule has 0 spiro atoms. The van der Waals surface area contributed by atoms with Gasteiger partial charge < -0.3 is 20.4 Å². The third kappa shape index (κ3) is 4.29. The molecule has 4 aliphatic rings. The predicted molar refractivity (Wildman–Crippen MR) is 126 cm³/mol. The Balaban J connectivity index is 1.25. The van der Waals surface area contributed by atoms with Gasteiger partial charge in [-0.2, -0.15) is 0 Å². The molecule has 9 nitrogen and oxygen atoms in total. The highest BCUT2D eigenvalue weighted by molar-refractivity contribution is 8.00. The van der Waals surface area contributed by atoms with Gasteiger partial charge in [0.1, 0.15) is 22.9 Å². The molecule has 1 aromatic carbocycles. The van der Waals surface area contributed by atoms with Gasteiger partial charge >= 0.3 is 5.97 Å². The van der Waals surface area contributed by atoms with Crippen molar-refractivity contribution in [3.8, 4) is 5.75 Å². The van der Waals surface area contributed by atoms with Crippen molar-refractivity contribution < 1.29 is 29.4 Å². The van der Waals surface area contributed by atoms with E-state index in [1.54, 1.807) is 18.2 Å². The number of nitrogens with one attached hydrogen (secondary N) is 1. The summed E-state index contributed by atoms with van der Waals surface area (Å²) < 4.78 is 0. The minimum atomic E-state index is -1.22. The number of hydrogen-bond donors (Lipinski definition) is 3. The fourth-order valence-electron chi connectivity index (χ4n) is 4.37. The number of aliphatic carboxylic acids is 1. The lowest BCUT2D eigenvalue weighted by Crippen LogP contribution is -2.70. The van der Waals surface area contributed by atoms with Gasteiger partial charge in [-0.1, -0.05) is 0 Å². The van der Waals surface area contributed by atoms with Crippen LogP contribution in [-0.4, -0.2) is 79.2 Å². The third-order valence-electron chi connectivity index (χ3n) is 6.22. The van der Waals surface area contributed by atoms with Gasteiger partial charge in [-0.3, -0.25) is 19.3 Å². The first kappa shape index (κ1) is 22.9. The molecule has 0 unspecified atom stereocenters. The zero-order valence-electron chi connectivity index (χ0n) is 18.1. The van der Waals surface area contributed by atoms with Crippen LogP contribution in [0.1, 0.15) is 19.3 Å². The van der Waals surface area contributed by atoms with Gasteiger partial charge in [-0.15, -0.1) is 23.5 Å². The Labute approximate surface area is 204 Å². The fraction of sp³-hybridized carbons (Fsp3) is 0.391. The molecule has 11 heteroatoms. The molecular weight excluding hydrogens is 478 g/mol. The molecule has 5 rings (SSSR count). The van der Waals surface area contributed by atoms with Crippen molar-refractivity contribution in [2.24, 2.45) is 0 Å². The van der Waals surface area contributed by atoms with Gasteiger partial charge in [0.2, 0.25) is 11.8 Å². The van der Waals surface area contributed by atoms with Crippen LogP contribution in [0.4, 0.5) is 0 Å². The monoisotopic (exact) mass is 501 g/mol. The molecule has 0 bridgehead atoms. The van der Waals surface area contributed by atoms with E-state index in [0.717, 1.165) is 17.7 Å². The summed E-state index contributed by atoms with van der Waals surface area (Å²) >= 11 is 2.65. The normalized spacial score (nSPS) is 25.5. The number of thioether (sulfide) groups is 2. The highest BCUT2D eigenvalue weighted by Crippen LogP contribution is 2.42. The van der Waals surface area contributed by atoms with Crippen molar-refractivity contribution in [1.29, 1.82) is 0 Å². The Kier molecular flexibility index (Phi) is 6.07. The van der Waals surface area contributed by atoms with Crippen molar-refractivity contribution in [1.82, 2.24) is 15.1 Å². The Morgan fingerprint density at radius 1 is 1.21 bits per heavy atom. The molecule has 2 atom stereocenters. The number of benzene rings is 1. The number of carbonyl (C=O) groups is 4. The summed E-state index contributed by atoms with van der Waals surface area (Å²) in [7, 11) is 0. The largest absolute Gasteiger partial charge is 0.508 e. The van der Waals surface area contributed by atoms with Crippen LogP contribution in [0.25, 0.3) is 0 Å². The average Bonchev–Trinajstić information content (AvgIpc) is 3.60. The third-order valence-corrected chi connectivity index (χ3v) is 8.53. The van der Waals surface area contributed by atoms with Gasteiger partial charge in [-0.25, -0.2) is 4.79 Å². The molecule has 0 aromatic heterocycles. The molecule has 3 N–H and O–H groups in total.